The lowest BCUT2D eigenvalue weighted by Crippen LogP contribution is -2.16. The molecule has 9 heteroatoms. The number of carbonyl (C=O) groups is 2. The van der Waals surface area contributed by atoms with E-state index in [2.05, 4.69) is 25.8 Å². The molecule has 3 aromatic rings. The van der Waals surface area contributed by atoms with E-state index in [1.165, 1.54) is 30.7 Å². The van der Waals surface area contributed by atoms with Crippen LogP contribution in [0.5, 0.6) is 0 Å². The Labute approximate surface area is 137 Å². The number of hydrogen-bond acceptors (Lipinski definition) is 5. The van der Waals surface area contributed by atoms with Gasteiger partial charge in [-0.1, -0.05) is 0 Å². The maximum atomic E-state index is 12.2. The predicted molar refractivity (Wildman–Crippen MR) is 86.6 cm³/mol. The first kappa shape index (κ1) is 15.4. The van der Waals surface area contributed by atoms with Crippen LogP contribution in [-0.4, -0.2) is 36.4 Å². The molecular formula is C15H15N7O2. The van der Waals surface area contributed by atoms with Gasteiger partial charge in [-0.3, -0.25) is 23.9 Å². The summed E-state index contributed by atoms with van der Waals surface area (Å²) in [6, 6.07) is 2.96. The van der Waals surface area contributed by atoms with Crippen molar-refractivity contribution in [1.82, 2.24) is 24.5 Å². The van der Waals surface area contributed by atoms with Crippen molar-refractivity contribution >= 4 is 23.2 Å². The first-order chi connectivity index (χ1) is 11.5. The highest BCUT2D eigenvalue weighted by Crippen LogP contribution is 2.10. The molecule has 0 unspecified atom stereocenters. The van der Waals surface area contributed by atoms with E-state index in [-0.39, 0.29) is 11.6 Å². The van der Waals surface area contributed by atoms with E-state index < -0.39 is 5.91 Å². The molecule has 0 bridgehead atoms. The van der Waals surface area contributed by atoms with Crippen LogP contribution in [0.1, 0.15) is 20.8 Å². The van der Waals surface area contributed by atoms with Gasteiger partial charge in [-0.25, -0.2) is 0 Å². The Morgan fingerprint density at radius 3 is 2.08 bits per heavy atom. The van der Waals surface area contributed by atoms with Gasteiger partial charge in [-0.05, 0) is 12.1 Å². The van der Waals surface area contributed by atoms with E-state index in [9.17, 15) is 9.59 Å². The maximum absolute atomic E-state index is 12.2. The molecule has 0 radical (unpaired) electrons. The van der Waals surface area contributed by atoms with Crippen molar-refractivity contribution in [3.8, 4) is 0 Å². The second-order valence-electron chi connectivity index (χ2n) is 5.14. The summed E-state index contributed by atoms with van der Waals surface area (Å²) >= 11 is 0. The van der Waals surface area contributed by atoms with Crippen LogP contribution in [-0.2, 0) is 14.1 Å². The highest BCUT2D eigenvalue weighted by molar-refractivity contribution is 6.07. The Hall–Kier alpha value is -3.49. The van der Waals surface area contributed by atoms with Gasteiger partial charge in [0.15, 0.2) is 0 Å². The van der Waals surface area contributed by atoms with E-state index in [1.54, 1.807) is 35.9 Å². The average molecular weight is 325 g/mol. The van der Waals surface area contributed by atoms with Gasteiger partial charge in [0.05, 0.1) is 23.8 Å². The average Bonchev–Trinajstić information content (AvgIpc) is 3.15. The van der Waals surface area contributed by atoms with Crippen LogP contribution in [0.25, 0.3) is 0 Å². The summed E-state index contributed by atoms with van der Waals surface area (Å²) in [5.74, 6) is -0.764. The predicted octanol–water partition coefficient (Wildman–Crippen LogP) is 1.05. The van der Waals surface area contributed by atoms with Crippen LogP contribution in [0.3, 0.4) is 0 Å². The molecule has 3 aromatic heterocycles. The fraction of sp³-hybridized carbons (Fsp3) is 0.133. The van der Waals surface area contributed by atoms with Crippen molar-refractivity contribution in [2.24, 2.45) is 14.1 Å². The summed E-state index contributed by atoms with van der Waals surface area (Å²) in [6.45, 7) is 0. The van der Waals surface area contributed by atoms with Gasteiger partial charge in [0.1, 0.15) is 5.69 Å². The Kier molecular flexibility index (Phi) is 4.06. The summed E-state index contributed by atoms with van der Waals surface area (Å²) in [4.78, 5) is 28.4. The molecule has 3 rings (SSSR count). The van der Waals surface area contributed by atoms with E-state index in [0.717, 1.165) is 0 Å². The Bertz CT molecular complexity index is 827. The zero-order chi connectivity index (χ0) is 17.1. The molecule has 0 atom stereocenters. The molecule has 0 saturated heterocycles. The van der Waals surface area contributed by atoms with E-state index in [4.69, 9.17) is 0 Å². The van der Waals surface area contributed by atoms with Crippen molar-refractivity contribution < 1.29 is 9.59 Å². The fourth-order valence-corrected chi connectivity index (χ4v) is 2.07. The first-order valence-corrected chi connectivity index (χ1v) is 7.07. The number of nitrogens with one attached hydrogen (secondary N) is 2. The number of anilines is 2. The molecule has 0 saturated carbocycles. The van der Waals surface area contributed by atoms with Crippen LogP contribution >= 0.6 is 0 Å². The number of rotatable bonds is 4. The Morgan fingerprint density at radius 2 is 1.54 bits per heavy atom. The number of nitrogens with zero attached hydrogens (tertiary/aromatic N) is 5. The smallest absolute Gasteiger partial charge is 0.274 e. The molecule has 24 heavy (non-hydrogen) atoms. The van der Waals surface area contributed by atoms with Gasteiger partial charge in [0, 0.05) is 38.2 Å². The topological polar surface area (TPSA) is 107 Å². The minimum Gasteiger partial charge on any atom is -0.319 e. The molecule has 2 amide bonds. The third kappa shape index (κ3) is 3.46. The van der Waals surface area contributed by atoms with Gasteiger partial charge in [0.2, 0.25) is 0 Å². The zero-order valence-electron chi connectivity index (χ0n) is 13.1. The fourth-order valence-electron chi connectivity index (χ4n) is 2.07. The van der Waals surface area contributed by atoms with E-state index in [0.29, 0.717) is 16.9 Å². The van der Waals surface area contributed by atoms with E-state index in [1.807, 2.05) is 0 Å². The normalized spacial score (nSPS) is 10.4. The summed E-state index contributed by atoms with van der Waals surface area (Å²) in [5.41, 5.74) is 1.58. The van der Waals surface area contributed by atoms with Crippen LogP contribution in [0.15, 0.2) is 43.1 Å². The van der Waals surface area contributed by atoms with Crippen molar-refractivity contribution in [2.75, 3.05) is 10.6 Å². The number of aromatic nitrogens is 5. The van der Waals surface area contributed by atoms with Crippen molar-refractivity contribution in [1.29, 1.82) is 0 Å². The first-order valence-electron chi connectivity index (χ1n) is 7.07. The van der Waals surface area contributed by atoms with Crippen molar-refractivity contribution in [3.05, 3.63) is 54.4 Å². The molecule has 0 fully saturated rings. The maximum Gasteiger partial charge on any atom is 0.274 e. The van der Waals surface area contributed by atoms with Crippen molar-refractivity contribution in [3.63, 3.8) is 0 Å². The summed E-state index contributed by atoms with van der Waals surface area (Å²) in [5, 5.41) is 13.3. The third-order valence-corrected chi connectivity index (χ3v) is 3.18. The molecule has 2 N–H and O–H groups in total. The van der Waals surface area contributed by atoms with E-state index >= 15 is 0 Å². The molecule has 0 spiro atoms. The lowest BCUT2D eigenvalue weighted by atomic mass is 10.2. The minimum atomic E-state index is -0.418. The van der Waals surface area contributed by atoms with Gasteiger partial charge in [-0.2, -0.15) is 10.2 Å². The van der Waals surface area contributed by atoms with Gasteiger partial charge in [-0.15, -0.1) is 0 Å². The highest BCUT2D eigenvalue weighted by atomic mass is 16.2. The molecule has 9 nitrogen and oxygen atoms in total. The molecule has 3 heterocycles. The van der Waals surface area contributed by atoms with Gasteiger partial charge >= 0.3 is 0 Å². The second-order valence-corrected chi connectivity index (χ2v) is 5.14. The zero-order valence-corrected chi connectivity index (χ0v) is 13.1. The quantitative estimate of drug-likeness (QED) is 0.746. The van der Waals surface area contributed by atoms with Crippen LogP contribution in [0.4, 0.5) is 11.4 Å². The molecule has 0 aliphatic carbocycles. The number of carbonyl (C=O) groups excluding carboxylic acids is 2. The summed E-state index contributed by atoms with van der Waals surface area (Å²) in [7, 11) is 3.50. The highest BCUT2D eigenvalue weighted by Gasteiger charge is 2.13. The number of hydrogen-bond donors (Lipinski definition) is 2. The Balaban J connectivity index is 1.73. The monoisotopic (exact) mass is 325 g/mol. The number of aryl methyl sites for hydroxylation is 2. The standard InChI is InChI=1S/C15H15N7O2/c1-21-8-11(6-17-21)19-14(23)10-3-4-16-13(5-10)15(24)20-12-7-18-22(2)9-12/h3-9H,1-2H3,(H,19,23)(H,20,24). The SMILES string of the molecule is Cn1cc(NC(=O)c2ccnc(C(=O)Nc3cnn(C)c3)c2)cn1. The molecule has 0 aliphatic heterocycles. The number of pyridine rings is 1. The van der Waals surface area contributed by atoms with Crippen LogP contribution < -0.4 is 10.6 Å². The number of amides is 2. The van der Waals surface area contributed by atoms with Crippen molar-refractivity contribution in [2.45, 2.75) is 0 Å². The largest absolute Gasteiger partial charge is 0.319 e. The Morgan fingerprint density at radius 1 is 0.958 bits per heavy atom. The van der Waals surface area contributed by atoms with Crippen LogP contribution in [0.2, 0.25) is 0 Å². The second kappa shape index (κ2) is 6.32. The molecular weight excluding hydrogens is 310 g/mol. The molecule has 0 aliphatic rings. The summed E-state index contributed by atoms with van der Waals surface area (Å²) < 4.78 is 3.15. The van der Waals surface area contributed by atoms with Gasteiger partial charge in [0.25, 0.3) is 11.8 Å². The lowest BCUT2D eigenvalue weighted by Gasteiger charge is -2.05. The lowest BCUT2D eigenvalue weighted by molar-refractivity contribution is 0.102. The summed E-state index contributed by atoms with van der Waals surface area (Å²) in [6.07, 6.45) is 7.81. The van der Waals surface area contributed by atoms with Crippen LogP contribution in [0, 0.1) is 0 Å². The van der Waals surface area contributed by atoms with Gasteiger partial charge < -0.3 is 10.6 Å². The third-order valence-electron chi connectivity index (χ3n) is 3.18. The molecule has 0 aromatic carbocycles. The minimum absolute atomic E-state index is 0.137. The molecule has 122 valence electrons.